The molecule has 4 atom stereocenters. The summed E-state index contributed by atoms with van der Waals surface area (Å²) in [6.07, 6.45) is 1.63. The number of halogens is 1. The molecule has 1 aromatic rings. The fraction of sp³-hybridized carbons (Fsp3) is 0.786. The highest BCUT2D eigenvalue weighted by Gasteiger charge is 2.41. The lowest BCUT2D eigenvalue weighted by Crippen LogP contribution is -2.50. The van der Waals surface area contributed by atoms with E-state index in [2.05, 4.69) is 15.1 Å². The number of ether oxygens (including phenoxy) is 1. The van der Waals surface area contributed by atoms with E-state index in [1.165, 1.54) is 4.68 Å². The Kier molecular flexibility index (Phi) is 5.73. The Balaban J connectivity index is 0.00000192. The van der Waals surface area contributed by atoms with E-state index in [4.69, 9.17) is 4.74 Å². The third kappa shape index (κ3) is 3.71. The van der Waals surface area contributed by atoms with Crippen molar-refractivity contribution in [1.29, 1.82) is 0 Å². The van der Waals surface area contributed by atoms with Gasteiger partial charge in [-0.1, -0.05) is 0 Å². The maximum absolute atomic E-state index is 12.6. The van der Waals surface area contributed by atoms with Crippen molar-refractivity contribution in [2.45, 2.75) is 36.9 Å². The van der Waals surface area contributed by atoms with Crippen molar-refractivity contribution in [3.8, 4) is 0 Å². The van der Waals surface area contributed by atoms with Crippen molar-refractivity contribution in [3.63, 3.8) is 0 Å². The largest absolute Gasteiger partial charge is 0.380 e. The molecule has 2 heterocycles. The lowest BCUT2D eigenvalue weighted by atomic mass is 9.78. The number of aromatic nitrogens is 2. The number of nitrogens with zero attached hydrogens (tertiary/aromatic N) is 2. The van der Waals surface area contributed by atoms with Gasteiger partial charge in [0, 0.05) is 20.2 Å². The van der Waals surface area contributed by atoms with E-state index in [1.54, 1.807) is 27.1 Å². The predicted octanol–water partition coefficient (Wildman–Crippen LogP) is 0.442. The van der Waals surface area contributed by atoms with Gasteiger partial charge in [-0.15, -0.1) is 12.4 Å². The summed E-state index contributed by atoms with van der Waals surface area (Å²) in [5.41, 5.74) is 0.690. The van der Waals surface area contributed by atoms with E-state index < -0.39 is 10.0 Å². The first-order valence-electron chi connectivity index (χ1n) is 7.67. The van der Waals surface area contributed by atoms with Crippen LogP contribution >= 0.6 is 12.4 Å². The third-order valence-electron chi connectivity index (χ3n) is 4.86. The molecule has 3 rings (SSSR count). The molecular weight excluding hydrogens is 340 g/mol. The molecule has 7 nitrogen and oxygen atoms in total. The highest BCUT2D eigenvalue weighted by molar-refractivity contribution is 7.89. The third-order valence-corrected chi connectivity index (χ3v) is 6.41. The van der Waals surface area contributed by atoms with Gasteiger partial charge >= 0.3 is 0 Å². The van der Waals surface area contributed by atoms with Crippen LogP contribution in [0, 0.1) is 18.8 Å². The summed E-state index contributed by atoms with van der Waals surface area (Å²) in [6, 6.07) is 1.40. The first kappa shape index (κ1) is 18.7. The Hall–Kier alpha value is -0.670. The smallest absolute Gasteiger partial charge is 0.258 e. The van der Waals surface area contributed by atoms with Crippen LogP contribution in [0.15, 0.2) is 11.1 Å². The van der Waals surface area contributed by atoms with Crippen molar-refractivity contribution in [1.82, 2.24) is 19.8 Å². The zero-order valence-electron chi connectivity index (χ0n) is 13.7. The normalized spacial score (nSPS) is 30.7. The second-order valence-corrected chi connectivity index (χ2v) is 8.06. The molecule has 0 radical (unpaired) electrons. The summed E-state index contributed by atoms with van der Waals surface area (Å²) in [4.78, 5) is 0. The molecule has 2 N–H and O–H groups in total. The Morgan fingerprint density at radius 1 is 1.35 bits per heavy atom. The van der Waals surface area contributed by atoms with Crippen LogP contribution in [0.5, 0.6) is 0 Å². The van der Waals surface area contributed by atoms with Crippen LogP contribution in [0.25, 0.3) is 0 Å². The standard InChI is InChI=1S/C14H24N4O3S.ClH/c1-9-4-14(18(2)16-9)22(19,20)17-12-5-10-7-15-8-11(10)6-13(12)21-3;/h4,10-13,15,17H,5-8H2,1-3H3;1H/t10-,11+,12-,13-;/m0./s1. The zero-order valence-corrected chi connectivity index (χ0v) is 15.3. The molecule has 0 bridgehead atoms. The predicted molar refractivity (Wildman–Crippen MR) is 89.2 cm³/mol. The first-order valence-corrected chi connectivity index (χ1v) is 9.15. The number of rotatable bonds is 4. The molecule has 132 valence electrons. The van der Waals surface area contributed by atoms with Crippen molar-refractivity contribution in [3.05, 3.63) is 11.8 Å². The number of sulfonamides is 1. The molecule has 1 aliphatic heterocycles. The minimum absolute atomic E-state index is 0. The molecule has 0 aromatic carbocycles. The molecule has 1 aliphatic carbocycles. The maximum Gasteiger partial charge on any atom is 0.258 e. The van der Waals surface area contributed by atoms with Crippen molar-refractivity contribution >= 4 is 22.4 Å². The van der Waals surface area contributed by atoms with Crippen LogP contribution in [-0.2, 0) is 21.8 Å². The molecule has 0 amide bonds. The molecule has 2 fully saturated rings. The molecular formula is C14H25ClN4O3S. The zero-order chi connectivity index (χ0) is 15.9. The average molecular weight is 365 g/mol. The molecule has 0 unspecified atom stereocenters. The van der Waals surface area contributed by atoms with E-state index in [1.807, 2.05) is 0 Å². The number of hydrogen-bond donors (Lipinski definition) is 2. The molecule has 23 heavy (non-hydrogen) atoms. The summed E-state index contributed by atoms with van der Waals surface area (Å²) in [5, 5.41) is 7.71. The van der Waals surface area contributed by atoms with E-state index in [0.29, 0.717) is 17.5 Å². The van der Waals surface area contributed by atoms with Crippen LogP contribution in [-0.4, -0.2) is 50.5 Å². The van der Waals surface area contributed by atoms with Gasteiger partial charge in [0.25, 0.3) is 10.0 Å². The molecule has 1 saturated heterocycles. The summed E-state index contributed by atoms with van der Waals surface area (Å²) in [7, 11) is -0.290. The van der Waals surface area contributed by atoms with Crippen LogP contribution in [0.1, 0.15) is 18.5 Å². The van der Waals surface area contributed by atoms with Gasteiger partial charge in [0.2, 0.25) is 0 Å². The Bertz CT molecular complexity index is 648. The maximum atomic E-state index is 12.6. The summed E-state index contributed by atoms with van der Waals surface area (Å²) in [6.45, 7) is 3.75. The molecule has 9 heteroatoms. The van der Waals surface area contributed by atoms with Gasteiger partial charge in [0.1, 0.15) is 0 Å². The van der Waals surface area contributed by atoms with E-state index in [9.17, 15) is 8.42 Å². The van der Waals surface area contributed by atoms with Crippen LogP contribution in [0.2, 0.25) is 0 Å². The summed E-state index contributed by atoms with van der Waals surface area (Å²) < 4.78 is 35.1. The van der Waals surface area contributed by atoms with Gasteiger partial charge in [0.05, 0.1) is 11.8 Å². The van der Waals surface area contributed by atoms with Crippen LogP contribution in [0.4, 0.5) is 0 Å². The average Bonchev–Trinajstić information content (AvgIpc) is 3.03. The fourth-order valence-corrected chi connectivity index (χ4v) is 5.24. The van der Waals surface area contributed by atoms with E-state index in [0.717, 1.165) is 25.9 Å². The fourth-order valence-electron chi connectivity index (χ4n) is 3.76. The minimum Gasteiger partial charge on any atom is -0.380 e. The summed E-state index contributed by atoms with van der Waals surface area (Å²) in [5.74, 6) is 1.11. The van der Waals surface area contributed by atoms with Crippen molar-refractivity contribution in [2.24, 2.45) is 18.9 Å². The second kappa shape index (κ2) is 7.06. The topological polar surface area (TPSA) is 85.2 Å². The number of nitrogens with one attached hydrogen (secondary N) is 2. The van der Waals surface area contributed by atoms with Gasteiger partial charge in [-0.2, -0.15) is 5.10 Å². The highest BCUT2D eigenvalue weighted by atomic mass is 35.5. The van der Waals surface area contributed by atoms with Crippen molar-refractivity contribution in [2.75, 3.05) is 20.2 Å². The van der Waals surface area contributed by atoms with Gasteiger partial charge in [0.15, 0.2) is 5.03 Å². The second-order valence-electron chi connectivity index (χ2n) is 6.40. The quantitative estimate of drug-likeness (QED) is 0.809. The molecule has 1 aromatic heterocycles. The van der Waals surface area contributed by atoms with E-state index >= 15 is 0 Å². The van der Waals surface area contributed by atoms with Gasteiger partial charge in [-0.25, -0.2) is 13.1 Å². The Morgan fingerprint density at radius 2 is 2.00 bits per heavy atom. The molecule has 0 spiro atoms. The van der Waals surface area contributed by atoms with Crippen LogP contribution < -0.4 is 10.0 Å². The van der Waals surface area contributed by atoms with E-state index in [-0.39, 0.29) is 29.6 Å². The highest BCUT2D eigenvalue weighted by Crippen LogP contribution is 2.34. The van der Waals surface area contributed by atoms with Gasteiger partial charge < -0.3 is 10.1 Å². The SMILES string of the molecule is CO[C@H]1C[C@@H]2CNC[C@@H]2C[C@@H]1NS(=O)(=O)c1cc(C)nn1C.Cl. The molecule has 2 aliphatic rings. The van der Waals surface area contributed by atoms with Crippen molar-refractivity contribution < 1.29 is 13.2 Å². The van der Waals surface area contributed by atoms with Gasteiger partial charge in [-0.3, -0.25) is 4.68 Å². The van der Waals surface area contributed by atoms with Crippen LogP contribution in [0.3, 0.4) is 0 Å². The number of hydrogen-bond acceptors (Lipinski definition) is 5. The Morgan fingerprint density at radius 3 is 2.57 bits per heavy atom. The molecule has 1 saturated carbocycles. The lowest BCUT2D eigenvalue weighted by Gasteiger charge is -2.37. The van der Waals surface area contributed by atoms with Gasteiger partial charge in [-0.05, 0) is 50.8 Å². The summed E-state index contributed by atoms with van der Waals surface area (Å²) >= 11 is 0. The first-order chi connectivity index (χ1) is 10.4. The number of fused-ring (bicyclic) bond motifs is 1. The number of aryl methyl sites for hydroxylation is 2. The minimum atomic E-state index is -3.59. The number of methoxy groups -OCH3 is 1. The lowest BCUT2D eigenvalue weighted by molar-refractivity contribution is 0.0194. The monoisotopic (exact) mass is 364 g/mol. The Labute approximate surface area is 143 Å².